The lowest BCUT2D eigenvalue weighted by Crippen LogP contribution is -2.17. The molecule has 1 amide bonds. The Balaban J connectivity index is 1.31. The average molecular weight is 427 g/mol. The highest BCUT2D eigenvalue weighted by Crippen LogP contribution is 2.26. The lowest BCUT2D eigenvalue weighted by atomic mass is 10.2. The van der Waals surface area contributed by atoms with Crippen molar-refractivity contribution < 1.29 is 9.53 Å². The Morgan fingerprint density at radius 3 is 3.00 bits per heavy atom. The van der Waals surface area contributed by atoms with Gasteiger partial charge in [-0.3, -0.25) is 14.8 Å². The van der Waals surface area contributed by atoms with Crippen LogP contribution in [-0.4, -0.2) is 39.3 Å². The molecule has 0 atom stereocenters. The van der Waals surface area contributed by atoms with Gasteiger partial charge in [0.25, 0.3) is 0 Å². The molecule has 0 aliphatic carbocycles. The number of hydrogen-bond donors (Lipinski definition) is 1. The van der Waals surface area contributed by atoms with Gasteiger partial charge in [0, 0.05) is 47.7 Å². The second kappa shape index (κ2) is 9.96. The molecule has 150 valence electrons. The zero-order valence-corrected chi connectivity index (χ0v) is 17.5. The fraction of sp³-hybridized carbons (Fsp3) is 0.333. The van der Waals surface area contributed by atoms with Crippen molar-refractivity contribution in [2.75, 3.05) is 18.5 Å². The molecule has 1 N–H and O–H groups in total. The molecule has 6 nitrogen and oxygen atoms in total. The molecule has 0 unspecified atom stereocenters. The van der Waals surface area contributed by atoms with Crippen LogP contribution >= 0.6 is 23.1 Å². The van der Waals surface area contributed by atoms with Crippen LogP contribution in [0.5, 0.6) is 0 Å². The molecule has 1 aliphatic rings. The summed E-state index contributed by atoms with van der Waals surface area (Å²) in [6.07, 6.45) is 7.40. The lowest BCUT2D eigenvalue weighted by Gasteiger charge is -2.21. The molecular weight excluding hydrogens is 404 g/mol. The minimum absolute atomic E-state index is 0.0739. The Morgan fingerprint density at radius 2 is 2.17 bits per heavy atom. The van der Waals surface area contributed by atoms with Gasteiger partial charge in [0.1, 0.15) is 10.7 Å². The summed E-state index contributed by atoms with van der Waals surface area (Å²) in [6, 6.07) is 8.07. The number of amides is 1. The zero-order valence-electron chi connectivity index (χ0n) is 15.9. The van der Waals surface area contributed by atoms with Gasteiger partial charge in [-0.2, -0.15) is 11.8 Å². The maximum atomic E-state index is 12.5. The number of nitrogens with one attached hydrogen (secondary N) is 1. The summed E-state index contributed by atoms with van der Waals surface area (Å²) in [5.74, 6) is 0.873. The number of aromatic nitrogens is 3. The molecule has 1 fully saturated rings. The number of carbonyl (C=O) groups is 1. The first-order valence-corrected chi connectivity index (χ1v) is 11.5. The van der Waals surface area contributed by atoms with Gasteiger partial charge in [-0.15, -0.1) is 11.3 Å². The second-order valence-corrected chi connectivity index (χ2v) is 8.93. The van der Waals surface area contributed by atoms with Crippen molar-refractivity contribution in [2.24, 2.45) is 0 Å². The van der Waals surface area contributed by atoms with Gasteiger partial charge in [-0.1, -0.05) is 12.1 Å². The van der Waals surface area contributed by atoms with Crippen molar-refractivity contribution in [1.82, 2.24) is 15.0 Å². The van der Waals surface area contributed by atoms with Crippen LogP contribution in [0.4, 0.5) is 5.69 Å². The monoisotopic (exact) mass is 426 g/mol. The summed E-state index contributed by atoms with van der Waals surface area (Å²) < 4.78 is 5.42. The standard InChI is InChI=1S/C21H22N4O2S2/c26-20(11-17-14-29-21(25-17)19-12-22-6-7-23-19)24-16-3-1-2-15(10-16)13-28-18-4-8-27-9-5-18/h1-3,6-7,10,12,14,18H,4-5,8-9,11,13H2,(H,24,26). The van der Waals surface area contributed by atoms with E-state index in [1.807, 2.05) is 29.3 Å². The van der Waals surface area contributed by atoms with E-state index < -0.39 is 0 Å². The molecule has 8 heteroatoms. The van der Waals surface area contributed by atoms with Crippen LogP contribution in [0.3, 0.4) is 0 Å². The quantitative estimate of drug-likeness (QED) is 0.610. The summed E-state index contributed by atoms with van der Waals surface area (Å²) in [5, 5.41) is 6.31. The van der Waals surface area contributed by atoms with Crippen LogP contribution < -0.4 is 5.32 Å². The van der Waals surface area contributed by atoms with E-state index in [1.165, 1.54) is 16.9 Å². The van der Waals surface area contributed by atoms with E-state index >= 15 is 0 Å². The molecule has 1 saturated heterocycles. The number of anilines is 1. The predicted molar refractivity (Wildman–Crippen MR) is 117 cm³/mol. The Kier molecular flexibility index (Phi) is 6.87. The van der Waals surface area contributed by atoms with Crippen molar-refractivity contribution in [2.45, 2.75) is 30.3 Å². The Morgan fingerprint density at radius 1 is 1.28 bits per heavy atom. The molecule has 1 aliphatic heterocycles. The third kappa shape index (κ3) is 5.85. The van der Waals surface area contributed by atoms with Crippen molar-refractivity contribution in [1.29, 1.82) is 0 Å². The van der Waals surface area contributed by atoms with Gasteiger partial charge >= 0.3 is 0 Å². The zero-order chi connectivity index (χ0) is 19.9. The molecule has 0 spiro atoms. The van der Waals surface area contributed by atoms with Gasteiger partial charge < -0.3 is 10.1 Å². The molecule has 0 radical (unpaired) electrons. The van der Waals surface area contributed by atoms with E-state index in [1.54, 1.807) is 18.6 Å². The first-order valence-electron chi connectivity index (χ1n) is 9.55. The van der Waals surface area contributed by atoms with Crippen molar-refractivity contribution >= 4 is 34.7 Å². The summed E-state index contributed by atoms with van der Waals surface area (Å²) in [4.78, 5) is 25.3. The lowest BCUT2D eigenvalue weighted by molar-refractivity contribution is -0.115. The maximum Gasteiger partial charge on any atom is 0.230 e. The maximum absolute atomic E-state index is 12.5. The fourth-order valence-electron chi connectivity index (χ4n) is 3.08. The SMILES string of the molecule is O=C(Cc1csc(-c2cnccn2)n1)Nc1cccc(CSC2CCOCC2)c1. The van der Waals surface area contributed by atoms with Crippen LogP contribution in [0, 0.1) is 0 Å². The smallest absolute Gasteiger partial charge is 0.230 e. The highest BCUT2D eigenvalue weighted by molar-refractivity contribution is 7.99. The fourth-order valence-corrected chi connectivity index (χ4v) is 4.99. The Labute approximate surface area is 178 Å². The summed E-state index contributed by atoms with van der Waals surface area (Å²) in [6.45, 7) is 1.73. The number of nitrogens with zero attached hydrogens (tertiary/aromatic N) is 3. The van der Waals surface area contributed by atoms with E-state index in [0.717, 1.165) is 53.9 Å². The summed E-state index contributed by atoms with van der Waals surface area (Å²) >= 11 is 3.44. The van der Waals surface area contributed by atoms with Crippen LogP contribution in [0.2, 0.25) is 0 Å². The predicted octanol–water partition coefficient (Wildman–Crippen LogP) is 4.19. The molecule has 1 aromatic carbocycles. The highest BCUT2D eigenvalue weighted by atomic mass is 32.2. The normalized spacial score (nSPS) is 14.6. The molecule has 4 rings (SSSR count). The first-order chi connectivity index (χ1) is 14.3. The highest BCUT2D eigenvalue weighted by Gasteiger charge is 2.14. The molecule has 29 heavy (non-hydrogen) atoms. The number of hydrogen-bond acceptors (Lipinski definition) is 7. The van der Waals surface area contributed by atoms with E-state index in [9.17, 15) is 4.79 Å². The Hall–Kier alpha value is -2.29. The van der Waals surface area contributed by atoms with Crippen molar-refractivity contribution in [3.63, 3.8) is 0 Å². The topological polar surface area (TPSA) is 77.0 Å². The molecule has 0 bridgehead atoms. The number of thioether (sulfide) groups is 1. The van der Waals surface area contributed by atoms with E-state index in [2.05, 4.69) is 32.4 Å². The van der Waals surface area contributed by atoms with Gasteiger partial charge in [0.15, 0.2) is 0 Å². The summed E-state index contributed by atoms with van der Waals surface area (Å²) in [5.41, 5.74) is 3.50. The number of rotatable bonds is 7. The van der Waals surface area contributed by atoms with Gasteiger partial charge in [0.2, 0.25) is 5.91 Å². The third-order valence-corrected chi connectivity index (χ3v) is 6.90. The van der Waals surface area contributed by atoms with E-state index in [-0.39, 0.29) is 12.3 Å². The van der Waals surface area contributed by atoms with Gasteiger partial charge in [-0.25, -0.2) is 4.98 Å². The van der Waals surface area contributed by atoms with E-state index in [0.29, 0.717) is 5.25 Å². The van der Waals surface area contributed by atoms with E-state index in [4.69, 9.17) is 4.74 Å². The second-order valence-electron chi connectivity index (χ2n) is 6.78. The number of carbonyl (C=O) groups excluding carboxylic acids is 1. The molecule has 2 aromatic heterocycles. The van der Waals surface area contributed by atoms with Crippen molar-refractivity contribution in [3.05, 3.63) is 59.5 Å². The largest absolute Gasteiger partial charge is 0.381 e. The third-order valence-electron chi connectivity index (χ3n) is 4.54. The van der Waals surface area contributed by atoms with Gasteiger partial charge in [-0.05, 0) is 30.5 Å². The first kappa shape index (κ1) is 20.0. The number of thiazole rings is 1. The van der Waals surface area contributed by atoms with Crippen LogP contribution in [-0.2, 0) is 21.7 Å². The number of benzene rings is 1. The minimum Gasteiger partial charge on any atom is -0.381 e. The van der Waals surface area contributed by atoms with Crippen molar-refractivity contribution in [3.8, 4) is 10.7 Å². The molecule has 0 saturated carbocycles. The minimum atomic E-state index is -0.0739. The van der Waals surface area contributed by atoms with Crippen LogP contribution in [0.25, 0.3) is 10.7 Å². The van der Waals surface area contributed by atoms with Crippen LogP contribution in [0.1, 0.15) is 24.1 Å². The van der Waals surface area contributed by atoms with Crippen LogP contribution in [0.15, 0.2) is 48.2 Å². The number of ether oxygens (including phenoxy) is 1. The summed E-state index contributed by atoms with van der Waals surface area (Å²) in [7, 11) is 0. The average Bonchev–Trinajstić information content (AvgIpc) is 3.22. The van der Waals surface area contributed by atoms with Gasteiger partial charge in [0.05, 0.1) is 18.3 Å². The molecule has 3 heterocycles. The molecular formula is C21H22N4O2S2. The Bertz CT molecular complexity index is 943. The molecule has 3 aromatic rings.